The van der Waals surface area contributed by atoms with Gasteiger partial charge in [0.1, 0.15) is 0 Å². The van der Waals surface area contributed by atoms with Crippen LogP contribution in [0.2, 0.25) is 0 Å². The van der Waals surface area contributed by atoms with E-state index in [1.807, 2.05) is 0 Å². The van der Waals surface area contributed by atoms with Gasteiger partial charge in [-0.3, -0.25) is 4.79 Å². The van der Waals surface area contributed by atoms with E-state index in [1.165, 1.54) is 32.1 Å². The van der Waals surface area contributed by atoms with Crippen LogP contribution in [0.1, 0.15) is 64.7 Å². The van der Waals surface area contributed by atoms with Crippen molar-refractivity contribution in [1.82, 2.24) is 4.90 Å². The fourth-order valence-corrected chi connectivity index (χ4v) is 3.62. The number of carboxylic acid groups (broad SMARTS) is 1. The molecule has 2 aliphatic rings. The Labute approximate surface area is 117 Å². The first-order valence-electron chi connectivity index (χ1n) is 8.12. The summed E-state index contributed by atoms with van der Waals surface area (Å²) < 4.78 is 0. The summed E-state index contributed by atoms with van der Waals surface area (Å²) in [6.07, 6.45) is 10.4. The molecule has 0 radical (unpaired) electrons. The third-order valence-electron chi connectivity index (χ3n) is 5.23. The van der Waals surface area contributed by atoms with Gasteiger partial charge >= 0.3 is 5.97 Å². The molecule has 110 valence electrons. The Morgan fingerprint density at radius 1 is 1.16 bits per heavy atom. The third-order valence-corrected chi connectivity index (χ3v) is 5.23. The van der Waals surface area contributed by atoms with Gasteiger partial charge in [-0.25, -0.2) is 0 Å². The average molecular weight is 267 g/mol. The number of rotatable bonds is 6. The van der Waals surface area contributed by atoms with Crippen LogP contribution in [-0.2, 0) is 4.79 Å². The summed E-state index contributed by atoms with van der Waals surface area (Å²) in [5.74, 6) is 0.276. The minimum atomic E-state index is -0.554. The van der Waals surface area contributed by atoms with E-state index < -0.39 is 11.4 Å². The summed E-state index contributed by atoms with van der Waals surface area (Å²) in [6, 6.07) is 0. The first kappa shape index (κ1) is 14.8. The van der Waals surface area contributed by atoms with E-state index in [0.29, 0.717) is 0 Å². The molecule has 2 saturated carbocycles. The molecule has 0 atom stereocenters. The zero-order valence-electron chi connectivity index (χ0n) is 12.4. The van der Waals surface area contributed by atoms with Gasteiger partial charge in [-0.05, 0) is 38.1 Å². The molecule has 3 nitrogen and oxygen atoms in total. The van der Waals surface area contributed by atoms with Crippen molar-refractivity contribution in [1.29, 1.82) is 0 Å². The zero-order chi connectivity index (χ0) is 13.7. The molecule has 0 aromatic heterocycles. The van der Waals surface area contributed by atoms with Crippen molar-refractivity contribution >= 4 is 5.97 Å². The van der Waals surface area contributed by atoms with Crippen molar-refractivity contribution < 1.29 is 9.90 Å². The van der Waals surface area contributed by atoms with Crippen LogP contribution in [0.25, 0.3) is 0 Å². The van der Waals surface area contributed by atoms with Gasteiger partial charge in [-0.1, -0.05) is 39.0 Å². The highest BCUT2D eigenvalue weighted by molar-refractivity contribution is 5.75. The van der Waals surface area contributed by atoms with E-state index in [9.17, 15) is 9.90 Å². The van der Waals surface area contributed by atoms with Gasteiger partial charge in [0.25, 0.3) is 0 Å². The lowest BCUT2D eigenvalue weighted by Gasteiger charge is -2.37. The number of carboxylic acids is 1. The van der Waals surface area contributed by atoms with E-state index in [-0.39, 0.29) is 0 Å². The molecular weight excluding hydrogens is 238 g/mol. The monoisotopic (exact) mass is 267 g/mol. The Balaban J connectivity index is 1.98. The lowest BCUT2D eigenvalue weighted by molar-refractivity contribution is -0.151. The average Bonchev–Trinajstić information content (AvgIpc) is 2.58. The van der Waals surface area contributed by atoms with Crippen molar-refractivity contribution in [2.24, 2.45) is 11.3 Å². The predicted molar refractivity (Wildman–Crippen MR) is 77.2 cm³/mol. The van der Waals surface area contributed by atoms with Crippen molar-refractivity contribution in [2.45, 2.75) is 64.7 Å². The topological polar surface area (TPSA) is 40.5 Å². The van der Waals surface area contributed by atoms with Gasteiger partial charge in [-0.2, -0.15) is 0 Å². The first-order valence-corrected chi connectivity index (χ1v) is 8.12. The quantitative estimate of drug-likeness (QED) is 0.748. The summed E-state index contributed by atoms with van der Waals surface area (Å²) in [5, 5.41) is 9.74. The molecule has 19 heavy (non-hydrogen) atoms. The molecule has 2 aliphatic carbocycles. The predicted octanol–water partition coefficient (Wildman–Crippen LogP) is 3.53. The van der Waals surface area contributed by atoms with Crippen LogP contribution < -0.4 is 0 Å². The molecule has 0 aromatic carbocycles. The van der Waals surface area contributed by atoms with Crippen molar-refractivity contribution in [3.05, 3.63) is 0 Å². The second-order valence-electron chi connectivity index (χ2n) is 6.62. The number of aliphatic carboxylic acids is 1. The van der Waals surface area contributed by atoms with Crippen molar-refractivity contribution in [3.63, 3.8) is 0 Å². The summed E-state index contributed by atoms with van der Waals surface area (Å²) >= 11 is 0. The molecule has 2 rings (SSSR count). The molecule has 0 bridgehead atoms. The van der Waals surface area contributed by atoms with Gasteiger partial charge in [-0.15, -0.1) is 0 Å². The van der Waals surface area contributed by atoms with Gasteiger partial charge in [0.2, 0.25) is 0 Å². The molecule has 0 aromatic rings. The lowest BCUT2D eigenvalue weighted by atomic mass is 9.79. The fraction of sp³-hybridized carbons (Fsp3) is 0.938. The Morgan fingerprint density at radius 3 is 2.21 bits per heavy atom. The fourth-order valence-electron chi connectivity index (χ4n) is 3.62. The summed E-state index contributed by atoms with van der Waals surface area (Å²) in [5.41, 5.74) is -0.462. The molecule has 0 unspecified atom stereocenters. The molecule has 0 heterocycles. The number of carbonyl (C=O) groups is 1. The number of hydrogen-bond donors (Lipinski definition) is 1. The second-order valence-corrected chi connectivity index (χ2v) is 6.62. The summed E-state index contributed by atoms with van der Waals surface area (Å²) in [7, 11) is 0. The standard InChI is InChI=1S/C16H29NO2/c1-2-17(12-14-8-7-9-14)13-16(15(18)19)10-5-3-4-6-11-16/h14H,2-13H2,1H3,(H,18,19). The molecule has 0 aliphatic heterocycles. The van der Waals surface area contributed by atoms with Crippen LogP contribution in [-0.4, -0.2) is 35.6 Å². The normalized spacial score (nSPS) is 23.9. The van der Waals surface area contributed by atoms with Crippen LogP contribution in [0, 0.1) is 11.3 Å². The van der Waals surface area contributed by atoms with Gasteiger partial charge in [0.05, 0.1) is 5.41 Å². The molecule has 0 amide bonds. The molecule has 3 heteroatoms. The van der Waals surface area contributed by atoms with Gasteiger partial charge < -0.3 is 10.0 Å². The highest BCUT2D eigenvalue weighted by atomic mass is 16.4. The smallest absolute Gasteiger partial charge is 0.310 e. The highest BCUT2D eigenvalue weighted by Gasteiger charge is 2.40. The number of hydrogen-bond acceptors (Lipinski definition) is 2. The molecule has 0 saturated heterocycles. The largest absolute Gasteiger partial charge is 0.481 e. The molecule has 0 spiro atoms. The SMILES string of the molecule is CCN(CC1CCC1)CC1(C(=O)O)CCCCCC1. The van der Waals surface area contributed by atoms with E-state index in [4.69, 9.17) is 0 Å². The first-order chi connectivity index (χ1) is 9.16. The maximum Gasteiger partial charge on any atom is 0.310 e. The maximum atomic E-state index is 11.8. The van der Waals surface area contributed by atoms with Crippen LogP contribution in [0.4, 0.5) is 0 Å². The van der Waals surface area contributed by atoms with Crippen LogP contribution in [0.15, 0.2) is 0 Å². The Bertz CT molecular complexity index is 291. The van der Waals surface area contributed by atoms with Crippen molar-refractivity contribution in [3.8, 4) is 0 Å². The van der Waals surface area contributed by atoms with Gasteiger partial charge in [0, 0.05) is 13.1 Å². The Kier molecular flexibility index (Phi) is 5.26. The highest BCUT2D eigenvalue weighted by Crippen LogP contribution is 2.37. The zero-order valence-corrected chi connectivity index (χ0v) is 12.4. The van der Waals surface area contributed by atoms with E-state index in [0.717, 1.165) is 51.2 Å². The Hall–Kier alpha value is -0.570. The Morgan fingerprint density at radius 2 is 1.79 bits per heavy atom. The lowest BCUT2D eigenvalue weighted by Crippen LogP contribution is -2.45. The molecule has 1 N–H and O–H groups in total. The van der Waals surface area contributed by atoms with Gasteiger partial charge in [0.15, 0.2) is 0 Å². The summed E-state index contributed by atoms with van der Waals surface area (Å²) in [6.45, 7) is 5.05. The van der Waals surface area contributed by atoms with E-state index in [2.05, 4.69) is 11.8 Å². The van der Waals surface area contributed by atoms with E-state index >= 15 is 0 Å². The van der Waals surface area contributed by atoms with Crippen LogP contribution >= 0.6 is 0 Å². The van der Waals surface area contributed by atoms with Crippen molar-refractivity contribution in [2.75, 3.05) is 19.6 Å². The van der Waals surface area contributed by atoms with Crippen LogP contribution in [0.5, 0.6) is 0 Å². The third kappa shape index (κ3) is 3.71. The molecular formula is C16H29NO2. The minimum Gasteiger partial charge on any atom is -0.481 e. The van der Waals surface area contributed by atoms with E-state index in [1.54, 1.807) is 0 Å². The summed E-state index contributed by atoms with van der Waals surface area (Å²) in [4.78, 5) is 14.2. The minimum absolute atomic E-state index is 0.462. The molecule has 2 fully saturated rings. The second kappa shape index (κ2) is 6.74. The van der Waals surface area contributed by atoms with Crippen LogP contribution in [0.3, 0.4) is 0 Å². The maximum absolute atomic E-state index is 11.8. The number of nitrogens with zero attached hydrogens (tertiary/aromatic N) is 1.